The topological polar surface area (TPSA) is 66.6 Å². The fourth-order valence-corrected chi connectivity index (χ4v) is 4.89. The number of carbonyl (C=O) groups is 1. The number of amides is 1. The van der Waals surface area contributed by atoms with Crippen molar-refractivity contribution >= 4 is 40.0 Å². The molecule has 0 saturated carbocycles. The maximum Gasteiger partial charge on any atom is 0.253 e. The highest BCUT2D eigenvalue weighted by molar-refractivity contribution is 6.30. The van der Waals surface area contributed by atoms with E-state index in [1.165, 1.54) is 0 Å². The third-order valence-electron chi connectivity index (χ3n) is 6.70. The second-order valence-corrected chi connectivity index (χ2v) is 9.55. The third-order valence-corrected chi connectivity index (χ3v) is 6.95. The average molecular weight is 497 g/mol. The van der Waals surface area contributed by atoms with Gasteiger partial charge in [0, 0.05) is 47.7 Å². The number of aryl methyl sites for hydroxylation is 1. The maximum atomic E-state index is 13.2. The molecule has 1 fully saturated rings. The van der Waals surface area contributed by atoms with Gasteiger partial charge in [-0.1, -0.05) is 41.4 Å². The van der Waals surface area contributed by atoms with Crippen LogP contribution in [0.5, 0.6) is 0 Å². The molecule has 180 valence electrons. The summed E-state index contributed by atoms with van der Waals surface area (Å²) < 4.78 is 2.03. The van der Waals surface area contributed by atoms with Gasteiger partial charge < -0.3 is 9.80 Å². The van der Waals surface area contributed by atoms with E-state index in [4.69, 9.17) is 16.6 Å². The first kappa shape index (κ1) is 22.5. The molecule has 1 aliphatic rings. The molecular formula is C28H25ClN6O. The summed E-state index contributed by atoms with van der Waals surface area (Å²) in [7, 11) is 0. The fraction of sp³-hybridized carbons (Fsp3) is 0.214. The zero-order chi connectivity index (χ0) is 24.6. The van der Waals surface area contributed by atoms with Crippen molar-refractivity contribution < 1.29 is 4.79 Å². The Kier molecular flexibility index (Phi) is 5.77. The van der Waals surface area contributed by atoms with E-state index >= 15 is 0 Å². The van der Waals surface area contributed by atoms with E-state index in [1.807, 2.05) is 89.0 Å². The Morgan fingerprint density at radius 1 is 0.861 bits per heavy atom. The number of carbonyl (C=O) groups excluding carboxylic acids is 1. The molecule has 0 spiro atoms. The van der Waals surface area contributed by atoms with Crippen LogP contribution in [0.1, 0.15) is 22.3 Å². The van der Waals surface area contributed by atoms with Crippen molar-refractivity contribution in [3.8, 4) is 11.4 Å². The molecule has 0 N–H and O–H groups in total. The molecule has 3 aromatic carbocycles. The summed E-state index contributed by atoms with van der Waals surface area (Å²) in [6.45, 7) is 4.78. The lowest BCUT2D eigenvalue weighted by Gasteiger charge is -2.24. The molecule has 2 aromatic heterocycles. The molecule has 0 radical (unpaired) electrons. The van der Waals surface area contributed by atoms with Gasteiger partial charge in [-0.15, -0.1) is 10.2 Å². The Morgan fingerprint density at radius 3 is 2.44 bits per heavy atom. The predicted molar refractivity (Wildman–Crippen MR) is 143 cm³/mol. The summed E-state index contributed by atoms with van der Waals surface area (Å²) in [6, 6.07) is 23.4. The van der Waals surface area contributed by atoms with Gasteiger partial charge in [-0.3, -0.25) is 4.79 Å². The van der Waals surface area contributed by atoms with Gasteiger partial charge in [-0.25, -0.2) is 9.38 Å². The highest BCUT2D eigenvalue weighted by atomic mass is 35.5. The number of hydrogen-bond donors (Lipinski definition) is 0. The van der Waals surface area contributed by atoms with E-state index < -0.39 is 0 Å². The number of benzene rings is 3. The van der Waals surface area contributed by atoms with Crippen LogP contribution in [0.15, 0.2) is 72.8 Å². The quantitative estimate of drug-likeness (QED) is 0.341. The van der Waals surface area contributed by atoms with Crippen molar-refractivity contribution in [3.05, 3.63) is 88.9 Å². The van der Waals surface area contributed by atoms with Crippen molar-refractivity contribution in [1.82, 2.24) is 24.5 Å². The molecule has 3 heterocycles. The number of para-hydroxylation sites is 1. The smallest absolute Gasteiger partial charge is 0.253 e. The Labute approximate surface area is 214 Å². The lowest BCUT2D eigenvalue weighted by atomic mass is 10.1. The van der Waals surface area contributed by atoms with Crippen LogP contribution in [0.3, 0.4) is 0 Å². The van der Waals surface area contributed by atoms with Gasteiger partial charge in [0.05, 0.1) is 5.52 Å². The standard InChI is InChI=1S/C28H25ClN6O/c1-19-7-9-21(10-8-19)27(36)33-15-4-16-34(18-17-33)28-30-24-6-3-2-5-23(24)26-32-31-25(35(26)28)20-11-13-22(29)14-12-20/h2-3,5-14H,4,15-18H2,1H3. The van der Waals surface area contributed by atoms with Crippen molar-refractivity contribution in [2.45, 2.75) is 13.3 Å². The summed E-state index contributed by atoms with van der Waals surface area (Å²) in [4.78, 5) is 22.4. The largest absolute Gasteiger partial charge is 0.340 e. The Balaban J connectivity index is 1.39. The monoisotopic (exact) mass is 496 g/mol. The molecule has 1 saturated heterocycles. The highest BCUT2D eigenvalue weighted by Crippen LogP contribution is 2.29. The summed E-state index contributed by atoms with van der Waals surface area (Å²) in [5.74, 6) is 1.56. The van der Waals surface area contributed by atoms with Crippen LogP contribution < -0.4 is 4.90 Å². The molecule has 0 bridgehead atoms. The van der Waals surface area contributed by atoms with E-state index in [2.05, 4.69) is 15.1 Å². The number of hydrogen-bond acceptors (Lipinski definition) is 5. The van der Waals surface area contributed by atoms with E-state index in [-0.39, 0.29) is 5.91 Å². The Morgan fingerprint density at radius 2 is 1.64 bits per heavy atom. The Bertz CT molecular complexity index is 1560. The molecule has 5 aromatic rings. The second kappa shape index (κ2) is 9.24. The minimum Gasteiger partial charge on any atom is -0.340 e. The lowest BCUT2D eigenvalue weighted by molar-refractivity contribution is 0.0767. The molecule has 7 nitrogen and oxygen atoms in total. The number of halogens is 1. The van der Waals surface area contributed by atoms with Crippen molar-refractivity contribution in [1.29, 1.82) is 0 Å². The first-order chi connectivity index (χ1) is 17.6. The molecular weight excluding hydrogens is 472 g/mol. The maximum absolute atomic E-state index is 13.2. The molecule has 0 unspecified atom stereocenters. The minimum atomic E-state index is 0.0691. The molecule has 1 aliphatic heterocycles. The Hall–Kier alpha value is -3.97. The number of fused-ring (bicyclic) bond motifs is 3. The fourth-order valence-electron chi connectivity index (χ4n) is 4.76. The van der Waals surface area contributed by atoms with Gasteiger partial charge in [-0.05, 0) is 61.9 Å². The number of aromatic nitrogens is 4. The SMILES string of the molecule is Cc1ccc(C(=O)N2CCCN(c3nc4ccccc4c4nnc(-c5ccc(Cl)cc5)n34)CC2)cc1. The van der Waals surface area contributed by atoms with Crippen LogP contribution in [0, 0.1) is 6.92 Å². The number of rotatable bonds is 3. The molecule has 8 heteroatoms. The van der Waals surface area contributed by atoms with Crippen LogP contribution in [0.4, 0.5) is 5.95 Å². The van der Waals surface area contributed by atoms with Gasteiger partial charge in [-0.2, -0.15) is 0 Å². The number of anilines is 1. The van der Waals surface area contributed by atoms with Crippen LogP contribution in [0.25, 0.3) is 27.9 Å². The average Bonchev–Trinajstić information content (AvgIpc) is 3.20. The summed E-state index contributed by atoms with van der Waals surface area (Å²) >= 11 is 6.14. The summed E-state index contributed by atoms with van der Waals surface area (Å²) in [6.07, 6.45) is 0.839. The molecule has 6 rings (SSSR count). The van der Waals surface area contributed by atoms with Gasteiger partial charge in [0.15, 0.2) is 11.5 Å². The normalized spacial score (nSPS) is 14.4. The minimum absolute atomic E-state index is 0.0691. The third kappa shape index (κ3) is 4.05. The molecule has 0 atom stereocenters. The second-order valence-electron chi connectivity index (χ2n) is 9.12. The summed E-state index contributed by atoms with van der Waals surface area (Å²) in [5.41, 5.74) is 4.41. The lowest BCUT2D eigenvalue weighted by Crippen LogP contribution is -2.36. The van der Waals surface area contributed by atoms with Crippen molar-refractivity contribution in [2.24, 2.45) is 0 Å². The molecule has 0 aliphatic carbocycles. The number of nitrogens with zero attached hydrogens (tertiary/aromatic N) is 6. The van der Waals surface area contributed by atoms with E-state index in [0.717, 1.165) is 52.2 Å². The zero-order valence-electron chi connectivity index (χ0n) is 19.9. The van der Waals surface area contributed by atoms with Gasteiger partial charge in [0.1, 0.15) is 0 Å². The van der Waals surface area contributed by atoms with Crippen molar-refractivity contribution in [2.75, 3.05) is 31.1 Å². The zero-order valence-corrected chi connectivity index (χ0v) is 20.7. The molecule has 1 amide bonds. The van der Waals surface area contributed by atoms with E-state index in [1.54, 1.807) is 0 Å². The van der Waals surface area contributed by atoms with E-state index in [0.29, 0.717) is 30.5 Å². The van der Waals surface area contributed by atoms with Gasteiger partial charge in [0.25, 0.3) is 5.91 Å². The van der Waals surface area contributed by atoms with E-state index in [9.17, 15) is 4.79 Å². The molecule has 36 heavy (non-hydrogen) atoms. The first-order valence-corrected chi connectivity index (χ1v) is 12.5. The first-order valence-electron chi connectivity index (χ1n) is 12.1. The van der Waals surface area contributed by atoms with Gasteiger partial charge in [0.2, 0.25) is 5.95 Å². The van der Waals surface area contributed by atoms with Gasteiger partial charge >= 0.3 is 0 Å². The predicted octanol–water partition coefficient (Wildman–Crippen LogP) is 5.26. The van der Waals surface area contributed by atoms with Crippen LogP contribution in [-0.4, -0.2) is 56.6 Å². The van der Waals surface area contributed by atoms with Crippen LogP contribution in [-0.2, 0) is 0 Å². The highest BCUT2D eigenvalue weighted by Gasteiger charge is 2.25. The van der Waals surface area contributed by atoms with Crippen LogP contribution in [0.2, 0.25) is 5.02 Å². The van der Waals surface area contributed by atoms with Crippen molar-refractivity contribution in [3.63, 3.8) is 0 Å². The summed E-state index contributed by atoms with van der Waals surface area (Å²) in [5, 5.41) is 10.7. The van der Waals surface area contributed by atoms with Crippen LogP contribution >= 0.6 is 11.6 Å².